The molecule has 0 spiro atoms. The van der Waals surface area contributed by atoms with Gasteiger partial charge < -0.3 is 10.1 Å². The van der Waals surface area contributed by atoms with Gasteiger partial charge in [-0.2, -0.15) is 0 Å². The van der Waals surface area contributed by atoms with Crippen LogP contribution in [0.15, 0.2) is 24.6 Å². The van der Waals surface area contributed by atoms with Crippen LogP contribution < -0.4 is 5.32 Å². The fourth-order valence-corrected chi connectivity index (χ4v) is 0.800. The summed E-state index contributed by atoms with van der Waals surface area (Å²) in [4.78, 5) is 0. The van der Waals surface area contributed by atoms with Gasteiger partial charge in [0.1, 0.15) is 13.0 Å². The Morgan fingerprint density at radius 3 is 3.09 bits per heavy atom. The van der Waals surface area contributed by atoms with E-state index in [4.69, 9.17) is 4.74 Å². The molecule has 0 aromatic rings. The predicted octanol–water partition coefficient (Wildman–Crippen LogP) is 0.907. The van der Waals surface area contributed by atoms with Crippen molar-refractivity contribution in [3.63, 3.8) is 0 Å². The molecule has 0 aromatic heterocycles. The molecule has 0 amide bonds. The minimum atomic E-state index is 0.801. The average Bonchev–Trinajstić information content (AvgIpc) is 2.81. The number of hydrogen-bond donors (Lipinski definition) is 1. The van der Waals surface area contributed by atoms with E-state index >= 15 is 0 Å². The van der Waals surface area contributed by atoms with Crippen LogP contribution in [0.25, 0.3) is 0 Å². The minimum Gasteiger partial charge on any atom is -0.493 e. The van der Waals surface area contributed by atoms with Crippen LogP contribution in [0, 0.1) is 0 Å². The van der Waals surface area contributed by atoms with Crippen LogP contribution in [0.1, 0.15) is 0 Å². The highest BCUT2D eigenvalue weighted by molar-refractivity contribution is 6.50. The van der Waals surface area contributed by atoms with Crippen LogP contribution in [0.5, 0.6) is 0 Å². The molecule has 1 unspecified atom stereocenters. The van der Waals surface area contributed by atoms with E-state index in [1.165, 1.54) is 13.6 Å². The highest BCUT2D eigenvalue weighted by atomic mass is 16.5. The Morgan fingerprint density at radius 2 is 2.64 bits per heavy atom. The Morgan fingerprint density at radius 1 is 1.91 bits per heavy atom. The molecule has 0 radical (unpaired) electrons. The Bertz CT molecular complexity index is 163. The lowest BCUT2D eigenvalue weighted by atomic mass is 10.0. The topological polar surface area (TPSA) is 21.3 Å². The summed E-state index contributed by atoms with van der Waals surface area (Å²) in [6.45, 7) is 4.49. The molecular formula is C8H14BNO. The molecule has 1 atom stereocenters. The lowest BCUT2D eigenvalue weighted by Crippen LogP contribution is -1.99. The first kappa shape index (κ1) is 8.24. The molecule has 1 aliphatic heterocycles. The van der Waals surface area contributed by atoms with E-state index in [2.05, 4.69) is 11.9 Å². The van der Waals surface area contributed by atoms with Crippen molar-refractivity contribution in [3.8, 4) is 0 Å². The van der Waals surface area contributed by atoms with Crippen molar-refractivity contribution in [3.05, 3.63) is 24.6 Å². The van der Waals surface area contributed by atoms with Gasteiger partial charge in [-0.25, -0.2) is 0 Å². The molecule has 1 heterocycles. The van der Waals surface area contributed by atoms with Gasteiger partial charge in [0.25, 0.3) is 0 Å². The van der Waals surface area contributed by atoms with Crippen molar-refractivity contribution in [2.45, 2.75) is 12.1 Å². The van der Waals surface area contributed by atoms with E-state index in [0.29, 0.717) is 0 Å². The molecule has 1 rings (SSSR count). The van der Waals surface area contributed by atoms with Crippen LogP contribution in [-0.4, -0.2) is 20.9 Å². The van der Waals surface area contributed by atoms with Gasteiger partial charge in [-0.3, -0.25) is 0 Å². The third-order valence-electron chi connectivity index (χ3n) is 1.67. The zero-order valence-electron chi connectivity index (χ0n) is 6.97. The molecule has 1 N–H and O–H groups in total. The molecule has 11 heavy (non-hydrogen) atoms. The first-order valence-corrected chi connectivity index (χ1v) is 3.99. The number of allylic oxidation sites excluding steroid dienone is 1. The summed E-state index contributed by atoms with van der Waals surface area (Å²) in [5.74, 6) is 1.63. The predicted molar refractivity (Wildman–Crippen MR) is 49.0 cm³/mol. The summed E-state index contributed by atoms with van der Waals surface area (Å²) >= 11 is 0. The van der Waals surface area contributed by atoms with Crippen molar-refractivity contribution in [1.82, 2.24) is 5.32 Å². The maximum absolute atomic E-state index is 5.44. The van der Waals surface area contributed by atoms with Gasteiger partial charge >= 0.3 is 0 Å². The molecule has 0 saturated carbocycles. The third-order valence-corrected chi connectivity index (χ3v) is 1.67. The third kappa shape index (κ3) is 3.17. The van der Waals surface area contributed by atoms with E-state index in [1.54, 1.807) is 6.08 Å². The molecule has 3 heteroatoms. The van der Waals surface area contributed by atoms with Crippen molar-refractivity contribution < 1.29 is 4.74 Å². The van der Waals surface area contributed by atoms with Crippen LogP contribution >= 0.6 is 0 Å². The first-order chi connectivity index (χ1) is 5.36. The Kier molecular flexibility index (Phi) is 3.08. The zero-order chi connectivity index (χ0) is 8.10. The Hall–Kier alpha value is -0.855. The van der Waals surface area contributed by atoms with Gasteiger partial charge in [-0.1, -0.05) is 12.9 Å². The zero-order valence-corrected chi connectivity index (χ0v) is 6.97. The molecule has 1 fully saturated rings. The summed E-state index contributed by atoms with van der Waals surface area (Å²) in [6.07, 6.45) is 4.86. The maximum Gasteiger partial charge on any atom is 0.134 e. The smallest absolute Gasteiger partial charge is 0.134 e. The first-order valence-electron chi connectivity index (χ1n) is 3.99. The summed E-state index contributed by atoms with van der Waals surface area (Å²) in [5.41, 5.74) is 0. The van der Waals surface area contributed by atoms with Crippen LogP contribution in [0.4, 0.5) is 0 Å². The quantitative estimate of drug-likeness (QED) is 0.358. The molecule has 0 aliphatic carbocycles. The monoisotopic (exact) mass is 151 g/mol. The van der Waals surface area contributed by atoms with Crippen molar-refractivity contribution in [2.24, 2.45) is 0 Å². The fraction of sp³-hybridized carbons (Fsp3) is 0.500. The summed E-state index contributed by atoms with van der Waals surface area (Å²) < 4.78 is 5.44. The SMILES string of the molecule is C=C/C(=C\NC)OCC1BC1. The lowest BCUT2D eigenvalue weighted by molar-refractivity contribution is 0.230. The summed E-state index contributed by atoms with van der Waals surface area (Å²) in [6, 6.07) is 0. The van der Waals surface area contributed by atoms with Crippen molar-refractivity contribution in [1.29, 1.82) is 0 Å². The summed E-state index contributed by atoms with van der Waals surface area (Å²) in [5, 5.41) is 2.90. The van der Waals surface area contributed by atoms with Gasteiger partial charge in [0, 0.05) is 13.2 Å². The second-order valence-corrected chi connectivity index (χ2v) is 2.79. The van der Waals surface area contributed by atoms with Gasteiger partial charge in [0.2, 0.25) is 0 Å². The van der Waals surface area contributed by atoms with Crippen LogP contribution in [0.2, 0.25) is 12.1 Å². The standard InChI is InChI=1S/C8H14BNO/c1-3-8(5-10-2)11-6-7-4-9-7/h3,5,7,9-10H,1,4,6H2,2H3/b8-5+. The normalized spacial score (nSPS) is 21.9. The Balaban J connectivity index is 2.18. The second kappa shape index (κ2) is 4.11. The van der Waals surface area contributed by atoms with Gasteiger partial charge in [-0.05, 0) is 11.9 Å². The number of nitrogens with one attached hydrogen (secondary N) is 1. The number of rotatable bonds is 5. The second-order valence-electron chi connectivity index (χ2n) is 2.79. The maximum atomic E-state index is 5.44. The van der Waals surface area contributed by atoms with E-state index in [0.717, 1.165) is 18.2 Å². The van der Waals surface area contributed by atoms with Crippen molar-refractivity contribution in [2.75, 3.05) is 13.7 Å². The molecule has 0 aromatic carbocycles. The van der Waals surface area contributed by atoms with Crippen LogP contribution in [-0.2, 0) is 4.74 Å². The van der Waals surface area contributed by atoms with Gasteiger partial charge in [0.05, 0.1) is 6.61 Å². The molecule has 1 saturated heterocycles. The molecule has 1 aliphatic rings. The van der Waals surface area contributed by atoms with E-state index in [1.807, 2.05) is 13.2 Å². The van der Waals surface area contributed by atoms with Crippen molar-refractivity contribution >= 4 is 7.28 Å². The fourth-order valence-electron chi connectivity index (χ4n) is 0.800. The molecule has 2 nitrogen and oxygen atoms in total. The lowest BCUT2D eigenvalue weighted by Gasteiger charge is -2.04. The highest BCUT2D eigenvalue weighted by Gasteiger charge is 2.23. The summed E-state index contributed by atoms with van der Waals surface area (Å²) in [7, 11) is 3.17. The molecule has 60 valence electrons. The van der Waals surface area contributed by atoms with E-state index in [-0.39, 0.29) is 0 Å². The molecule has 0 bridgehead atoms. The largest absolute Gasteiger partial charge is 0.493 e. The number of hydrogen-bond acceptors (Lipinski definition) is 2. The van der Waals surface area contributed by atoms with E-state index < -0.39 is 0 Å². The van der Waals surface area contributed by atoms with Gasteiger partial charge in [0.15, 0.2) is 0 Å². The van der Waals surface area contributed by atoms with Gasteiger partial charge in [-0.15, -0.1) is 0 Å². The number of ether oxygens (including phenoxy) is 1. The van der Waals surface area contributed by atoms with Crippen LogP contribution in [0.3, 0.4) is 0 Å². The van der Waals surface area contributed by atoms with E-state index in [9.17, 15) is 0 Å². The Labute approximate surface area is 68.6 Å². The minimum absolute atomic E-state index is 0.801. The average molecular weight is 151 g/mol. The molecular weight excluding hydrogens is 137 g/mol. The highest BCUT2D eigenvalue weighted by Crippen LogP contribution is 2.27.